The summed E-state index contributed by atoms with van der Waals surface area (Å²) in [6.45, 7) is -0.222. The highest BCUT2D eigenvalue weighted by Gasteiger charge is 2.38. The summed E-state index contributed by atoms with van der Waals surface area (Å²) in [6.07, 6.45) is -1.35. The number of amides is 1. The van der Waals surface area contributed by atoms with Crippen LogP contribution in [0.2, 0.25) is 0 Å². The van der Waals surface area contributed by atoms with Crippen LogP contribution in [0.5, 0.6) is 0 Å². The molecule has 2 N–H and O–H groups in total. The lowest BCUT2D eigenvalue weighted by Gasteiger charge is -2.37. The van der Waals surface area contributed by atoms with E-state index in [1.165, 1.54) is 0 Å². The zero-order valence-electron chi connectivity index (χ0n) is 26.9. The average Bonchev–Trinajstić information content (AvgIpc) is 3.47. The number of ether oxygens (including phenoxy) is 3. The first kappa shape index (κ1) is 33.2. The number of carboxylic acids is 1. The van der Waals surface area contributed by atoms with Crippen LogP contribution in [0.1, 0.15) is 46.6 Å². The van der Waals surface area contributed by atoms with Crippen molar-refractivity contribution in [3.05, 3.63) is 167 Å². The van der Waals surface area contributed by atoms with Crippen molar-refractivity contribution in [3.63, 3.8) is 0 Å². The van der Waals surface area contributed by atoms with Crippen LogP contribution >= 0.6 is 0 Å². The largest absolute Gasteiger partial charge is 0.481 e. The highest BCUT2D eigenvalue weighted by molar-refractivity contribution is 5.79. The maximum atomic E-state index is 13.4. The number of aliphatic carboxylic acids is 1. The quantitative estimate of drug-likeness (QED) is 0.0954. The highest BCUT2D eigenvalue weighted by atomic mass is 16.6. The van der Waals surface area contributed by atoms with E-state index in [1.807, 2.05) is 127 Å². The minimum absolute atomic E-state index is 0.0743. The Kier molecular flexibility index (Phi) is 10.5. The smallest absolute Gasteiger partial charge is 0.407 e. The molecular weight excluding hydrogens is 618 g/mol. The molecule has 0 saturated carbocycles. The van der Waals surface area contributed by atoms with Crippen molar-refractivity contribution in [1.82, 2.24) is 5.32 Å². The predicted molar refractivity (Wildman–Crippen MR) is 185 cm³/mol. The number of carboxylic acid groups (broad SMARTS) is 1. The van der Waals surface area contributed by atoms with Crippen molar-refractivity contribution >= 4 is 18.0 Å². The van der Waals surface area contributed by atoms with Crippen molar-refractivity contribution < 1.29 is 33.7 Å². The molecule has 1 amide bonds. The van der Waals surface area contributed by atoms with Gasteiger partial charge in [0.05, 0.1) is 25.5 Å². The van der Waals surface area contributed by atoms with E-state index >= 15 is 0 Å². The fourth-order valence-corrected chi connectivity index (χ4v) is 6.41. The zero-order valence-corrected chi connectivity index (χ0v) is 26.9. The van der Waals surface area contributed by atoms with Crippen molar-refractivity contribution in [2.45, 2.75) is 30.4 Å². The van der Waals surface area contributed by atoms with Crippen molar-refractivity contribution in [3.8, 4) is 11.1 Å². The lowest BCUT2D eigenvalue weighted by molar-refractivity contribution is -0.148. The van der Waals surface area contributed by atoms with Crippen LogP contribution < -0.4 is 5.32 Å². The van der Waals surface area contributed by atoms with Gasteiger partial charge in [0.1, 0.15) is 18.8 Å². The summed E-state index contributed by atoms with van der Waals surface area (Å²) in [4.78, 5) is 36.9. The zero-order chi connectivity index (χ0) is 34.1. The second-order valence-corrected chi connectivity index (χ2v) is 11.8. The summed E-state index contributed by atoms with van der Waals surface area (Å²) in [7, 11) is 0. The summed E-state index contributed by atoms with van der Waals surface area (Å²) in [5.74, 6) is -1.93. The molecule has 0 aliphatic heterocycles. The Morgan fingerprint density at radius 2 is 1.08 bits per heavy atom. The number of rotatable bonds is 14. The molecule has 8 heteroatoms. The molecular formula is C41H37NO7. The second kappa shape index (κ2) is 15.4. The van der Waals surface area contributed by atoms with Gasteiger partial charge in [0.2, 0.25) is 0 Å². The number of benzene rings is 5. The van der Waals surface area contributed by atoms with Gasteiger partial charge in [-0.3, -0.25) is 9.59 Å². The fourth-order valence-electron chi connectivity index (χ4n) is 6.41. The van der Waals surface area contributed by atoms with Gasteiger partial charge in [0.25, 0.3) is 0 Å². The molecule has 1 aliphatic carbocycles. The predicted octanol–water partition coefficient (Wildman–Crippen LogP) is 7.31. The minimum Gasteiger partial charge on any atom is -0.481 e. The van der Waals surface area contributed by atoms with Crippen LogP contribution in [0, 0.1) is 0 Å². The summed E-state index contributed by atoms with van der Waals surface area (Å²) in [6, 6.07) is 44.7. The number of carbonyl (C=O) groups excluding carboxylic acids is 2. The van der Waals surface area contributed by atoms with E-state index in [9.17, 15) is 14.4 Å². The van der Waals surface area contributed by atoms with Gasteiger partial charge in [-0.1, -0.05) is 140 Å². The number of esters is 1. The first-order chi connectivity index (χ1) is 24.0. The number of nitrogens with one attached hydrogen (secondary N) is 1. The molecule has 5 aromatic rings. The molecule has 0 bridgehead atoms. The van der Waals surface area contributed by atoms with E-state index in [4.69, 9.17) is 19.3 Å². The third-order valence-electron chi connectivity index (χ3n) is 8.70. The van der Waals surface area contributed by atoms with Crippen molar-refractivity contribution in [2.24, 2.45) is 0 Å². The van der Waals surface area contributed by atoms with Gasteiger partial charge in [-0.15, -0.1) is 0 Å². The number of alkyl carbamates (subject to hydrolysis) is 1. The summed E-state index contributed by atoms with van der Waals surface area (Å²) in [5, 5.41) is 11.9. The number of hydrogen-bond acceptors (Lipinski definition) is 6. The van der Waals surface area contributed by atoms with Gasteiger partial charge in [-0.25, -0.2) is 4.79 Å². The molecule has 248 valence electrons. The van der Waals surface area contributed by atoms with E-state index in [0.29, 0.717) is 0 Å². The van der Waals surface area contributed by atoms with Gasteiger partial charge in [-0.2, -0.15) is 0 Å². The molecule has 0 aromatic heterocycles. The third kappa shape index (κ3) is 7.55. The van der Waals surface area contributed by atoms with Gasteiger partial charge < -0.3 is 24.6 Å². The lowest BCUT2D eigenvalue weighted by atomic mass is 9.80. The molecule has 0 radical (unpaired) electrons. The van der Waals surface area contributed by atoms with Gasteiger partial charge >= 0.3 is 18.0 Å². The van der Waals surface area contributed by atoms with E-state index in [-0.39, 0.29) is 38.6 Å². The Labute approximate surface area is 285 Å². The molecule has 6 rings (SSSR count). The molecule has 8 nitrogen and oxygen atoms in total. The van der Waals surface area contributed by atoms with Crippen LogP contribution in [0.25, 0.3) is 11.1 Å². The summed E-state index contributed by atoms with van der Waals surface area (Å²) >= 11 is 0. The topological polar surface area (TPSA) is 111 Å². The Morgan fingerprint density at radius 3 is 1.57 bits per heavy atom. The normalized spacial score (nSPS) is 12.7. The van der Waals surface area contributed by atoms with Crippen molar-refractivity contribution in [2.75, 3.05) is 19.8 Å². The first-order valence-electron chi connectivity index (χ1n) is 16.2. The van der Waals surface area contributed by atoms with E-state index in [2.05, 4.69) is 17.4 Å². The van der Waals surface area contributed by atoms with Crippen LogP contribution in [0.4, 0.5) is 4.79 Å². The lowest BCUT2D eigenvalue weighted by Crippen LogP contribution is -2.45. The van der Waals surface area contributed by atoms with E-state index < -0.39 is 29.7 Å². The average molecular weight is 656 g/mol. The monoisotopic (exact) mass is 655 g/mol. The van der Waals surface area contributed by atoms with Crippen LogP contribution in [0.3, 0.4) is 0 Å². The maximum Gasteiger partial charge on any atom is 0.407 e. The summed E-state index contributed by atoms with van der Waals surface area (Å²) < 4.78 is 18.2. The van der Waals surface area contributed by atoms with Crippen molar-refractivity contribution in [1.29, 1.82) is 0 Å². The van der Waals surface area contributed by atoms with E-state index in [1.54, 1.807) is 0 Å². The third-order valence-corrected chi connectivity index (χ3v) is 8.70. The molecule has 49 heavy (non-hydrogen) atoms. The molecule has 0 saturated heterocycles. The highest BCUT2D eigenvalue weighted by Crippen LogP contribution is 2.44. The van der Waals surface area contributed by atoms with Crippen LogP contribution in [-0.2, 0) is 29.4 Å². The Balaban J connectivity index is 1.25. The van der Waals surface area contributed by atoms with Gasteiger partial charge in [0.15, 0.2) is 0 Å². The molecule has 0 heterocycles. The molecule has 0 unspecified atom stereocenters. The Bertz CT molecular complexity index is 1740. The van der Waals surface area contributed by atoms with Crippen LogP contribution in [0.15, 0.2) is 140 Å². The molecule has 5 aromatic carbocycles. The summed E-state index contributed by atoms with van der Waals surface area (Å²) in [5.41, 5.74) is 5.92. The number of carbonyl (C=O) groups is 3. The molecule has 1 aliphatic rings. The van der Waals surface area contributed by atoms with Crippen LogP contribution in [-0.4, -0.2) is 49.0 Å². The minimum atomic E-state index is -1.10. The van der Waals surface area contributed by atoms with E-state index in [0.717, 1.165) is 38.9 Å². The Hall–Kier alpha value is -5.73. The Morgan fingerprint density at radius 1 is 0.612 bits per heavy atom. The standard InChI is InChI=1S/C41H37NO7/c43-38(44)24-25-39(45)47-26-32(42-40(46)48-28-37-35-22-12-10-20-33(35)34-21-11-13-23-36(34)37)27-49-41(29-14-4-1-5-15-29,30-16-6-2-7-17-30)31-18-8-3-9-19-31/h1-23,32,37H,24-28H2,(H,42,46)(H,43,44)/t32-/m1/s1. The maximum absolute atomic E-state index is 13.4. The second-order valence-electron chi connectivity index (χ2n) is 11.8. The SMILES string of the molecule is O=C(O)CCC(=O)OC[C@H](COC(c1ccccc1)(c1ccccc1)c1ccccc1)NC(=O)OCC1c2ccccc2-c2ccccc21. The van der Waals surface area contributed by atoms with Gasteiger partial charge in [0, 0.05) is 5.92 Å². The first-order valence-corrected chi connectivity index (χ1v) is 16.2. The molecule has 0 fully saturated rings. The molecule has 0 spiro atoms. The molecule has 1 atom stereocenters. The number of fused-ring (bicyclic) bond motifs is 3. The number of hydrogen-bond donors (Lipinski definition) is 2. The van der Waals surface area contributed by atoms with Gasteiger partial charge in [-0.05, 0) is 38.9 Å². The fraction of sp³-hybridized carbons (Fsp3) is 0.195.